The van der Waals surface area contributed by atoms with Crippen molar-refractivity contribution in [2.24, 2.45) is 0 Å². The lowest BCUT2D eigenvalue weighted by atomic mass is 10.1. The molecule has 6 heteroatoms. The van der Waals surface area contributed by atoms with Gasteiger partial charge in [-0.2, -0.15) is 18.4 Å². The summed E-state index contributed by atoms with van der Waals surface area (Å²) in [5.41, 5.74) is 0.912. The molecule has 0 aliphatic rings. The summed E-state index contributed by atoms with van der Waals surface area (Å²) in [4.78, 5) is 0. The van der Waals surface area contributed by atoms with Gasteiger partial charge in [0.05, 0.1) is 18.2 Å². The van der Waals surface area contributed by atoms with E-state index in [1.54, 1.807) is 0 Å². The first-order chi connectivity index (χ1) is 11.9. The summed E-state index contributed by atoms with van der Waals surface area (Å²) < 4.78 is 43.4. The molecule has 0 heterocycles. The summed E-state index contributed by atoms with van der Waals surface area (Å²) in [5, 5.41) is 11.7. The molecule has 2 aromatic carbocycles. The maximum Gasteiger partial charge on any atom is 0.416 e. The highest BCUT2D eigenvalue weighted by atomic mass is 19.4. The van der Waals surface area contributed by atoms with Crippen LogP contribution < -0.4 is 10.1 Å². The quantitative estimate of drug-likeness (QED) is 0.666. The smallest absolute Gasteiger partial charge is 0.416 e. The number of nitrogens with one attached hydrogen (secondary N) is 1. The van der Waals surface area contributed by atoms with Gasteiger partial charge in [0.1, 0.15) is 5.75 Å². The van der Waals surface area contributed by atoms with Gasteiger partial charge in [-0.15, -0.1) is 0 Å². The predicted molar refractivity (Wildman–Crippen MR) is 90.3 cm³/mol. The van der Waals surface area contributed by atoms with Crippen molar-refractivity contribution in [2.45, 2.75) is 32.0 Å². The highest BCUT2D eigenvalue weighted by Crippen LogP contribution is 2.30. The minimum absolute atomic E-state index is 0.156. The Morgan fingerprint density at radius 3 is 2.52 bits per heavy atom. The van der Waals surface area contributed by atoms with Crippen LogP contribution in [0.1, 0.15) is 36.9 Å². The molecule has 3 nitrogen and oxygen atoms in total. The number of alkyl halides is 3. The number of halogens is 3. The molecule has 1 N–H and O–H groups in total. The molecule has 2 aromatic rings. The Morgan fingerprint density at radius 2 is 1.88 bits per heavy atom. The molecule has 25 heavy (non-hydrogen) atoms. The summed E-state index contributed by atoms with van der Waals surface area (Å²) >= 11 is 0. The Hall–Kier alpha value is -2.68. The number of hydrogen-bond donors (Lipinski definition) is 1. The largest absolute Gasteiger partial charge is 0.493 e. The Balaban J connectivity index is 1.98. The van der Waals surface area contributed by atoms with Gasteiger partial charge in [0, 0.05) is 24.2 Å². The van der Waals surface area contributed by atoms with Crippen molar-refractivity contribution in [3.8, 4) is 11.8 Å². The van der Waals surface area contributed by atoms with Gasteiger partial charge in [0.2, 0.25) is 0 Å². The number of nitrogens with zero attached hydrogens (tertiary/aromatic N) is 1. The zero-order chi connectivity index (χ0) is 18.3. The molecule has 0 aliphatic heterocycles. The lowest BCUT2D eigenvalue weighted by Gasteiger charge is -2.17. The molecule has 0 aliphatic carbocycles. The highest BCUT2D eigenvalue weighted by molar-refractivity contribution is 5.50. The van der Waals surface area contributed by atoms with E-state index in [1.165, 1.54) is 12.1 Å². The van der Waals surface area contributed by atoms with Crippen LogP contribution in [-0.2, 0) is 6.18 Å². The summed E-state index contributed by atoms with van der Waals surface area (Å²) in [7, 11) is 0. The molecule has 0 spiro atoms. The third-order valence-electron chi connectivity index (χ3n) is 3.66. The Morgan fingerprint density at radius 1 is 1.16 bits per heavy atom. The zero-order valence-corrected chi connectivity index (χ0v) is 13.8. The van der Waals surface area contributed by atoms with E-state index in [0.29, 0.717) is 25.2 Å². The fourth-order valence-corrected chi connectivity index (χ4v) is 2.31. The lowest BCUT2D eigenvalue weighted by Crippen LogP contribution is -2.09. The third kappa shape index (κ3) is 5.71. The van der Waals surface area contributed by atoms with Gasteiger partial charge in [-0.25, -0.2) is 0 Å². The van der Waals surface area contributed by atoms with Crippen molar-refractivity contribution in [3.63, 3.8) is 0 Å². The van der Waals surface area contributed by atoms with Gasteiger partial charge in [-0.1, -0.05) is 18.2 Å². The number of rotatable bonds is 7. The maximum absolute atomic E-state index is 12.6. The average molecular weight is 348 g/mol. The van der Waals surface area contributed by atoms with Crippen molar-refractivity contribution < 1.29 is 17.9 Å². The molecule has 132 valence electrons. The number of hydrogen-bond acceptors (Lipinski definition) is 3. The number of unbranched alkanes of at least 4 members (excludes halogenated alkanes) is 1. The standard InChI is InChI=1S/C19H19F3N2O/c1-14(15-7-9-16(10-8-15)19(20,21)22)24-17-5-4-6-18(13-17)25-12-3-2-11-23/h4-10,13-14,24H,2-3,12H2,1H3/t14-/m0/s1. The molecule has 0 fully saturated rings. The van der Waals surface area contributed by atoms with Crippen LogP contribution in [0.2, 0.25) is 0 Å². The number of benzene rings is 2. The van der Waals surface area contributed by atoms with Crippen LogP contribution in [0, 0.1) is 11.3 Å². The van der Waals surface area contributed by atoms with Gasteiger partial charge >= 0.3 is 6.18 Å². The van der Waals surface area contributed by atoms with Crippen LogP contribution in [-0.4, -0.2) is 6.61 Å². The molecule has 0 bridgehead atoms. The summed E-state index contributed by atoms with van der Waals surface area (Å²) in [6.45, 7) is 2.34. The van der Waals surface area contributed by atoms with E-state index in [9.17, 15) is 13.2 Å². The zero-order valence-electron chi connectivity index (χ0n) is 13.8. The van der Waals surface area contributed by atoms with Crippen LogP contribution in [0.4, 0.5) is 18.9 Å². The SMILES string of the molecule is C[C@H](Nc1cccc(OCCCC#N)c1)c1ccc(C(F)(F)F)cc1. The maximum atomic E-state index is 12.6. The first-order valence-corrected chi connectivity index (χ1v) is 7.93. The van der Waals surface area contributed by atoms with E-state index in [4.69, 9.17) is 10.00 Å². The second kappa shape index (κ2) is 8.43. The number of ether oxygens (including phenoxy) is 1. The fourth-order valence-electron chi connectivity index (χ4n) is 2.31. The van der Waals surface area contributed by atoms with E-state index in [1.807, 2.05) is 31.2 Å². The first-order valence-electron chi connectivity index (χ1n) is 7.93. The van der Waals surface area contributed by atoms with Crippen molar-refractivity contribution in [1.82, 2.24) is 0 Å². The van der Waals surface area contributed by atoms with E-state index in [-0.39, 0.29) is 6.04 Å². The van der Waals surface area contributed by atoms with Crippen LogP contribution in [0.25, 0.3) is 0 Å². The van der Waals surface area contributed by atoms with Crippen LogP contribution >= 0.6 is 0 Å². The molecular formula is C19H19F3N2O. The molecule has 0 radical (unpaired) electrons. The number of nitriles is 1. The van der Waals surface area contributed by atoms with E-state index in [2.05, 4.69) is 11.4 Å². The topological polar surface area (TPSA) is 45.0 Å². The van der Waals surface area contributed by atoms with Crippen molar-refractivity contribution in [1.29, 1.82) is 5.26 Å². The van der Waals surface area contributed by atoms with E-state index in [0.717, 1.165) is 23.4 Å². The van der Waals surface area contributed by atoms with Gasteiger partial charge in [-0.05, 0) is 43.2 Å². The third-order valence-corrected chi connectivity index (χ3v) is 3.66. The van der Waals surface area contributed by atoms with Gasteiger partial charge in [-0.3, -0.25) is 0 Å². The number of anilines is 1. The molecule has 0 saturated heterocycles. The minimum atomic E-state index is -4.33. The minimum Gasteiger partial charge on any atom is -0.493 e. The molecule has 0 unspecified atom stereocenters. The summed E-state index contributed by atoms with van der Waals surface area (Å²) in [5.74, 6) is 0.683. The van der Waals surface area contributed by atoms with Crippen molar-refractivity contribution in [2.75, 3.05) is 11.9 Å². The second-order valence-corrected chi connectivity index (χ2v) is 5.62. The molecule has 2 rings (SSSR count). The average Bonchev–Trinajstić information content (AvgIpc) is 2.58. The second-order valence-electron chi connectivity index (χ2n) is 5.62. The Kier molecular flexibility index (Phi) is 6.29. The van der Waals surface area contributed by atoms with Crippen molar-refractivity contribution >= 4 is 5.69 Å². The molecule has 0 amide bonds. The van der Waals surface area contributed by atoms with Crippen LogP contribution in [0.3, 0.4) is 0 Å². The summed E-state index contributed by atoms with van der Waals surface area (Å²) in [6, 6.07) is 14.4. The molecular weight excluding hydrogens is 329 g/mol. The van der Waals surface area contributed by atoms with Gasteiger partial charge < -0.3 is 10.1 Å². The van der Waals surface area contributed by atoms with E-state index >= 15 is 0 Å². The van der Waals surface area contributed by atoms with Crippen molar-refractivity contribution in [3.05, 3.63) is 59.7 Å². The fraction of sp³-hybridized carbons (Fsp3) is 0.316. The monoisotopic (exact) mass is 348 g/mol. The molecule has 0 aromatic heterocycles. The first kappa shape index (κ1) is 18.7. The highest BCUT2D eigenvalue weighted by Gasteiger charge is 2.30. The lowest BCUT2D eigenvalue weighted by molar-refractivity contribution is -0.137. The van der Waals surface area contributed by atoms with Gasteiger partial charge in [0.15, 0.2) is 0 Å². The Labute approximate surface area is 145 Å². The van der Waals surface area contributed by atoms with Crippen LogP contribution in [0.15, 0.2) is 48.5 Å². The normalized spacial score (nSPS) is 12.3. The predicted octanol–water partition coefficient (Wildman–Crippen LogP) is 5.56. The molecule has 0 saturated carbocycles. The summed E-state index contributed by atoms with van der Waals surface area (Å²) in [6.07, 6.45) is -3.22. The Bertz CT molecular complexity index is 721. The molecule has 1 atom stereocenters. The van der Waals surface area contributed by atoms with E-state index < -0.39 is 11.7 Å². The van der Waals surface area contributed by atoms with Crippen LogP contribution in [0.5, 0.6) is 5.75 Å². The van der Waals surface area contributed by atoms with Gasteiger partial charge in [0.25, 0.3) is 0 Å².